The van der Waals surface area contributed by atoms with Crippen molar-refractivity contribution in [2.45, 2.75) is 6.54 Å². The summed E-state index contributed by atoms with van der Waals surface area (Å²) in [5.41, 5.74) is 1.99. The monoisotopic (exact) mass is 354 g/mol. The van der Waals surface area contributed by atoms with Crippen molar-refractivity contribution in [2.75, 3.05) is 51.8 Å². The molecule has 0 saturated carbocycles. The molecule has 1 saturated heterocycles. The molecule has 0 atom stereocenters. The molecule has 6 heteroatoms. The molecule has 0 radical (unpaired) electrons. The van der Waals surface area contributed by atoms with E-state index < -0.39 is 0 Å². The molecule has 1 fully saturated rings. The number of nitrogens with zero attached hydrogens (tertiary/aromatic N) is 3. The van der Waals surface area contributed by atoms with Gasteiger partial charge in [0, 0.05) is 58.1 Å². The maximum atomic E-state index is 12.8. The zero-order chi connectivity index (χ0) is 18.2. The number of nitrogens with one attached hydrogen (secondary N) is 1. The largest absolute Gasteiger partial charge is 0.383 e. The number of piperazine rings is 1. The predicted molar refractivity (Wildman–Crippen MR) is 102 cm³/mol. The lowest BCUT2D eigenvalue weighted by Gasteiger charge is -2.34. The van der Waals surface area contributed by atoms with Gasteiger partial charge in [-0.1, -0.05) is 30.3 Å². The molecule has 0 bridgehead atoms. The molecule has 3 rings (SSSR count). The number of pyridine rings is 1. The molecule has 1 aliphatic heterocycles. The summed E-state index contributed by atoms with van der Waals surface area (Å²) in [6.07, 6.45) is 1.67. The van der Waals surface area contributed by atoms with Crippen LogP contribution < -0.4 is 5.32 Å². The zero-order valence-corrected chi connectivity index (χ0v) is 15.2. The number of aromatic nitrogens is 1. The van der Waals surface area contributed by atoms with E-state index in [1.165, 1.54) is 5.56 Å². The average Bonchev–Trinajstić information content (AvgIpc) is 2.69. The van der Waals surface area contributed by atoms with Gasteiger partial charge in [-0.05, 0) is 17.7 Å². The molecule has 26 heavy (non-hydrogen) atoms. The highest BCUT2D eigenvalue weighted by molar-refractivity contribution is 5.94. The van der Waals surface area contributed by atoms with E-state index in [1.807, 2.05) is 17.0 Å². The number of hydrogen-bond acceptors (Lipinski definition) is 5. The lowest BCUT2D eigenvalue weighted by atomic mass is 10.1. The molecule has 2 aromatic rings. The summed E-state index contributed by atoms with van der Waals surface area (Å²) in [7, 11) is 1.66. The molecule has 0 spiro atoms. The van der Waals surface area contributed by atoms with Crippen LogP contribution in [0.25, 0.3) is 0 Å². The Balaban J connectivity index is 1.52. The molecule has 1 aromatic carbocycles. The smallest absolute Gasteiger partial charge is 0.254 e. The second kappa shape index (κ2) is 9.31. The molecule has 0 unspecified atom stereocenters. The molecule has 138 valence electrons. The van der Waals surface area contributed by atoms with Crippen LogP contribution in [0.2, 0.25) is 0 Å². The van der Waals surface area contributed by atoms with Gasteiger partial charge in [0.25, 0.3) is 5.91 Å². The second-order valence-corrected chi connectivity index (χ2v) is 6.40. The molecular weight excluding hydrogens is 328 g/mol. The first-order chi connectivity index (χ1) is 12.8. The Morgan fingerprint density at radius 3 is 2.65 bits per heavy atom. The Hall–Kier alpha value is -2.44. The quantitative estimate of drug-likeness (QED) is 0.772. The first-order valence-electron chi connectivity index (χ1n) is 9.00. The zero-order valence-electron chi connectivity index (χ0n) is 15.2. The van der Waals surface area contributed by atoms with Gasteiger partial charge in [0.15, 0.2) is 0 Å². The maximum absolute atomic E-state index is 12.8. The number of carbonyl (C=O) groups excluding carboxylic acids is 1. The Morgan fingerprint density at radius 1 is 1.15 bits per heavy atom. The normalized spacial score (nSPS) is 15.0. The first-order valence-corrected chi connectivity index (χ1v) is 9.00. The molecule has 6 nitrogen and oxygen atoms in total. The highest BCUT2D eigenvalue weighted by Gasteiger charge is 2.22. The Kier molecular flexibility index (Phi) is 6.57. The van der Waals surface area contributed by atoms with E-state index in [0.29, 0.717) is 24.5 Å². The van der Waals surface area contributed by atoms with Crippen LogP contribution in [-0.4, -0.2) is 67.1 Å². The van der Waals surface area contributed by atoms with E-state index in [0.717, 1.165) is 32.7 Å². The lowest BCUT2D eigenvalue weighted by molar-refractivity contribution is 0.0628. The lowest BCUT2D eigenvalue weighted by Crippen LogP contribution is -2.48. The highest BCUT2D eigenvalue weighted by Crippen LogP contribution is 2.13. The van der Waals surface area contributed by atoms with Crippen LogP contribution in [-0.2, 0) is 11.3 Å². The van der Waals surface area contributed by atoms with Crippen LogP contribution in [0.1, 0.15) is 15.9 Å². The maximum Gasteiger partial charge on any atom is 0.254 e. The second-order valence-electron chi connectivity index (χ2n) is 6.40. The number of anilines is 1. The van der Waals surface area contributed by atoms with E-state index in [-0.39, 0.29) is 5.91 Å². The minimum Gasteiger partial charge on any atom is -0.383 e. The molecular formula is C20H26N4O2. The fraction of sp³-hybridized carbons (Fsp3) is 0.400. The van der Waals surface area contributed by atoms with Crippen molar-refractivity contribution in [2.24, 2.45) is 0 Å². The fourth-order valence-electron chi connectivity index (χ4n) is 3.07. The standard InChI is InChI=1S/C20H26N4O2/c1-26-14-9-22-19-15-18(7-8-21-19)20(25)24-12-10-23(11-13-24)16-17-5-3-2-4-6-17/h2-8,15H,9-14,16H2,1H3,(H,21,22). The SMILES string of the molecule is COCCNc1cc(C(=O)N2CCN(Cc3ccccc3)CC2)ccn1. The number of ether oxygens (including phenoxy) is 1. The van der Waals surface area contributed by atoms with Crippen LogP contribution in [0, 0.1) is 0 Å². The van der Waals surface area contributed by atoms with Crippen molar-refractivity contribution >= 4 is 11.7 Å². The summed E-state index contributed by atoms with van der Waals surface area (Å²) in [5.74, 6) is 0.775. The van der Waals surface area contributed by atoms with Gasteiger partial charge < -0.3 is 15.0 Å². The molecule has 1 amide bonds. The molecule has 0 aliphatic carbocycles. The van der Waals surface area contributed by atoms with Gasteiger partial charge in [-0.15, -0.1) is 0 Å². The van der Waals surface area contributed by atoms with Crippen molar-refractivity contribution in [3.05, 3.63) is 59.8 Å². The van der Waals surface area contributed by atoms with Crippen molar-refractivity contribution in [3.63, 3.8) is 0 Å². The van der Waals surface area contributed by atoms with Gasteiger partial charge >= 0.3 is 0 Å². The summed E-state index contributed by atoms with van der Waals surface area (Å²) in [6, 6.07) is 14.1. The molecule has 1 N–H and O–H groups in total. The van der Waals surface area contributed by atoms with Crippen molar-refractivity contribution in [3.8, 4) is 0 Å². The van der Waals surface area contributed by atoms with Crippen LogP contribution >= 0.6 is 0 Å². The van der Waals surface area contributed by atoms with Crippen LogP contribution in [0.15, 0.2) is 48.7 Å². The number of carbonyl (C=O) groups is 1. The van der Waals surface area contributed by atoms with E-state index in [4.69, 9.17) is 4.74 Å². The van der Waals surface area contributed by atoms with Gasteiger partial charge in [-0.25, -0.2) is 4.98 Å². The number of rotatable bonds is 7. The number of hydrogen-bond donors (Lipinski definition) is 1. The Labute approximate surface area is 154 Å². The van der Waals surface area contributed by atoms with Crippen LogP contribution in [0.3, 0.4) is 0 Å². The predicted octanol–water partition coefficient (Wildman–Crippen LogP) is 2.10. The molecule has 1 aromatic heterocycles. The van der Waals surface area contributed by atoms with Crippen molar-refractivity contribution in [1.82, 2.24) is 14.8 Å². The Morgan fingerprint density at radius 2 is 1.92 bits per heavy atom. The van der Waals surface area contributed by atoms with E-state index in [9.17, 15) is 4.79 Å². The van der Waals surface area contributed by atoms with Gasteiger partial charge in [0.2, 0.25) is 0 Å². The Bertz CT molecular complexity index is 700. The van der Waals surface area contributed by atoms with Gasteiger partial charge in [-0.2, -0.15) is 0 Å². The minimum absolute atomic E-state index is 0.0709. The van der Waals surface area contributed by atoms with E-state index in [1.54, 1.807) is 19.4 Å². The van der Waals surface area contributed by atoms with Crippen molar-refractivity contribution < 1.29 is 9.53 Å². The number of amides is 1. The number of benzene rings is 1. The summed E-state index contributed by atoms with van der Waals surface area (Å²) in [6.45, 7) is 5.49. The topological polar surface area (TPSA) is 57.7 Å². The summed E-state index contributed by atoms with van der Waals surface area (Å²) in [5, 5.41) is 3.16. The van der Waals surface area contributed by atoms with Crippen LogP contribution in [0.5, 0.6) is 0 Å². The minimum atomic E-state index is 0.0709. The van der Waals surface area contributed by atoms with E-state index in [2.05, 4.69) is 39.5 Å². The van der Waals surface area contributed by atoms with Gasteiger partial charge in [0.05, 0.1) is 6.61 Å². The average molecular weight is 354 g/mol. The number of methoxy groups -OCH3 is 1. The third-order valence-corrected chi connectivity index (χ3v) is 4.53. The fourth-order valence-corrected chi connectivity index (χ4v) is 3.07. The molecule has 1 aliphatic rings. The first kappa shape index (κ1) is 18.4. The van der Waals surface area contributed by atoms with Gasteiger partial charge in [-0.3, -0.25) is 9.69 Å². The highest BCUT2D eigenvalue weighted by atomic mass is 16.5. The summed E-state index contributed by atoms with van der Waals surface area (Å²) < 4.78 is 5.02. The summed E-state index contributed by atoms with van der Waals surface area (Å²) in [4.78, 5) is 21.3. The molecule has 2 heterocycles. The van der Waals surface area contributed by atoms with Crippen molar-refractivity contribution in [1.29, 1.82) is 0 Å². The van der Waals surface area contributed by atoms with Gasteiger partial charge in [0.1, 0.15) is 5.82 Å². The third-order valence-electron chi connectivity index (χ3n) is 4.53. The summed E-state index contributed by atoms with van der Waals surface area (Å²) >= 11 is 0. The van der Waals surface area contributed by atoms with Crippen LogP contribution in [0.4, 0.5) is 5.82 Å². The third kappa shape index (κ3) is 5.03. The van der Waals surface area contributed by atoms with E-state index >= 15 is 0 Å².